The fourth-order valence-electron chi connectivity index (χ4n) is 3.74. The summed E-state index contributed by atoms with van der Waals surface area (Å²) in [6.07, 6.45) is 6.37. The van der Waals surface area contributed by atoms with Gasteiger partial charge in [0.1, 0.15) is 13.2 Å². The Morgan fingerprint density at radius 3 is 2.42 bits per heavy atom. The molecular weight excluding hydrogens is 514 g/mol. The summed E-state index contributed by atoms with van der Waals surface area (Å²) in [6, 6.07) is 8.49. The van der Waals surface area contributed by atoms with Gasteiger partial charge in [0, 0.05) is 25.4 Å². The first kappa shape index (κ1) is 34.4. The molecule has 0 bridgehead atoms. The Kier molecular flexibility index (Phi) is 18.2. The van der Waals surface area contributed by atoms with Crippen LogP contribution in [0.25, 0.3) is 0 Å². The monoisotopic (exact) mass is 559 g/mol. The Morgan fingerprint density at radius 2 is 1.75 bits per heavy atom. The number of hydrogen-bond donors (Lipinski definition) is 4. The lowest BCUT2D eigenvalue weighted by Gasteiger charge is -2.23. The fourth-order valence-corrected chi connectivity index (χ4v) is 3.74. The van der Waals surface area contributed by atoms with E-state index >= 15 is 0 Å². The molecule has 3 amide bonds. The number of rotatable bonds is 21. The van der Waals surface area contributed by atoms with Crippen molar-refractivity contribution in [3.63, 3.8) is 0 Å². The van der Waals surface area contributed by atoms with E-state index in [2.05, 4.69) is 29.1 Å². The van der Waals surface area contributed by atoms with Crippen LogP contribution in [0.1, 0.15) is 63.9 Å². The number of allylic oxidation sites excluding steroid dienone is 2. The van der Waals surface area contributed by atoms with Crippen LogP contribution in [0.4, 0.5) is 4.79 Å². The van der Waals surface area contributed by atoms with Crippen LogP contribution in [0.15, 0.2) is 55.6 Å². The molecule has 40 heavy (non-hydrogen) atoms. The van der Waals surface area contributed by atoms with Crippen molar-refractivity contribution in [1.82, 2.24) is 16.0 Å². The number of benzene rings is 1. The van der Waals surface area contributed by atoms with Gasteiger partial charge in [-0.3, -0.25) is 14.4 Å². The van der Waals surface area contributed by atoms with E-state index < -0.39 is 24.1 Å². The first-order valence-corrected chi connectivity index (χ1v) is 13.8. The van der Waals surface area contributed by atoms with Gasteiger partial charge >= 0.3 is 12.1 Å². The van der Waals surface area contributed by atoms with Crippen LogP contribution in [0.5, 0.6) is 0 Å². The number of hydrogen-bond acceptors (Lipinski definition) is 7. The minimum atomic E-state index is -0.657. The first-order chi connectivity index (χ1) is 19.3. The highest BCUT2D eigenvalue weighted by molar-refractivity contribution is 5.86. The van der Waals surface area contributed by atoms with Gasteiger partial charge in [0.15, 0.2) is 0 Å². The predicted molar refractivity (Wildman–Crippen MR) is 153 cm³/mol. The summed E-state index contributed by atoms with van der Waals surface area (Å²) in [5.41, 5.74) is 0.894. The number of nitrogens with one attached hydrogen (secondary N) is 3. The highest BCUT2D eigenvalue weighted by Gasteiger charge is 2.24. The third kappa shape index (κ3) is 16.3. The molecule has 1 aromatic rings. The number of ether oxygens (including phenoxy) is 2. The van der Waals surface area contributed by atoms with Gasteiger partial charge in [-0.1, -0.05) is 42.5 Å². The Morgan fingerprint density at radius 1 is 1.00 bits per heavy atom. The number of carbonyl (C=O) groups is 4. The number of amides is 3. The maximum atomic E-state index is 13.0. The molecule has 0 aliphatic heterocycles. The van der Waals surface area contributed by atoms with Gasteiger partial charge in [-0.25, -0.2) is 4.79 Å². The zero-order chi connectivity index (χ0) is 29.6. The van der Waals surface area contributed by atoms with Gasteiger partial charge in [0.05, 0.1) is 18.6 Å². The zero-order valence-electron chi connectivity index (χ0n) is 23.6. The topological polar surface area (TPSA) is 143 Å². The van der Waals surface area contributed by atoms with E-state index in [-0.39, 0.29) is 56.9 Å². The Labute approximate surface area is 237 Å². The molecule has 10 nitrogen and oxygen atoms in total. The van der Waals surface area contributed by atoms with Crippen molar-refractivity contribution >= 4 is 23.9 Å². The first-order valence-electron chi connectivity index (χ1n) is 13.8. The molecule has 0 aromatic heterocycles. The molecule has 0 aliphatic rings. The van der Waals surface area contributed by atoms with Crippen molar-refractivity contribution in [1.29, 1.82) is 0 Å². The van der Waals surface area contributed by atoms with Crippen LogP contribution in [-0.2, 0) is 30.5 Å². The van der Waals surface area contributed by atoms with Crippen molar-refractivity contribution in [2.75, 3.05) is 19.8 Å². The van der Waals surface area contributed by atoms with Crippen LogP contribution >= 0.6 is 0 Å². The number of aliphatic hydroxyl groups is 1. The van der Waals surface area contributed by atoms with Crippen LogP contribution in [-0.4, -0.2) is 60.8 Å². The van der Waals surface area contributed by atoms with Gasteiger partial charge in [-0.2, -0.15) is 0 Å². The summed E-state index contributed by atoms with van der Waals surface area (Å²) < 4.78 is 10.6. The zero-order valence-corrected chi connectivity index (χ0v) is 23.6. The Balaban J connectivity index is 2.60. The maximum Gasteiger partial charge on any atom is 0.407 e. The number of alkyl carbamates (subject to hydrolysis) is 1. The van der Waals surface area contributed by atoms with E-state index in [4.69, 9.17) is 14.6 Å². The minimum Gasteiger partial charge on any atom is -0.463 e. The number of unbranched alkanes of at least 4 members (excludes halogenated alkanes) is 2. The van der Waals surface area contributed by atoms with Gasteiger partial charge < -0.3 is 30.5 Å². The lowest BCUT2D eigenvalue weighted by molar-refractivity contribution is -0.145. The van der Waals surface area contributed by atoms with Crippen molar-refractivity contribution < 1.29 is 33.8 Å². The number of carbonyl (C=O) groups excluding carboxylic acids is 4. The summed E-state index contributed by atoms with van der Waals surface area (Å²) in [6.45, 7) is 9.35. The summed E-state index contributed by atoms with van der Waals surface area (Å²) in [7, 11) is 0. The summed E-state index contributed by atoms with van der Waals surface area (Å²) in [4.78, 5) is 49.4. The molecule has 0 aliphatic carbocycles. The van der Waals surface area contributed by atoms with E-state index in [1.165, 1.54) is 0 Å². The second-order valence-electron chi connectivity index (χ2n) is 9.63. The van der Waals surface area contributed by atoms with Crippen LogP contribution in [0.3, 0.4) is 0 Å². The lowest BCUT2D eigenvalue weighted by Crippen LogP contribution is -2.44. The number of esters is 1. The summed E-state index contributed by atoms with van der Waals surface area (Å²) >= 11 is 0. The summed E-state index contributed by atoms with van der Waals surface area (Å²) in [5, 5.41) is 17.4. The smallest absolute Gasteiger partial charge is 0.407 e. The minimum absolute atomic E-state index is 0.000237. The highest BCUT2D eigenvalue weighted by atomic mass is 16.5. The van der Waals surface area contributed by atoms with Crippen LogP contribution < -0.4 is 16.0 Å². The highest BCUT2D eigenvalue weighted by Crippen LogP contribution is 2.12. The average molecular weight is 560 g/mol. The molecular formula is C30H45N3O7. The second kappa shape index (κ2) is 21.2. The fraction of sp³-hybridized carbons (Fsp3) is 0.533. The lowest BCUT2D eigenvalue weighted by atomic mass is 9.98. The molecule has 0 saturated heterocycles. The van der Waals surface area contributed by atoms with E-state index in [9.17, 15) is 19.2 Å². The van der Waals surface area contributed by atoms with Crippen molar-refractivity contribution in [2.45, 2.75) is 77.0 Å². The van der Waals surface area contributed by atoms with Crippen molar-refractivity contribution in [3.8, 4) is 0 Å². The van der Waals surface area contributed by atoms with E-state index in [1.54, 1.807) is 19.1 Å². The molecule has 0 radical (unpaired) electrons. The van der Waals surface area contributed by atoms with Gasteiger partial charge in [0.25, 0.3) is 0 Å². The van der Waals surface area contributed by atoms with Crippen molar-refractivity contribution in [2.24, 2.45) is 5.92 Å². The largest absolute Gasteiger partial charge is 0.463 e. The molecule has 0 spiro atoms. The molecule has 0 unspecified atom stereocenters. The molecule has 0 heterocycles. The van der Waals surface area contributed by atoms with Gasteiger partial charge in [-0.15, -0.1) is 13.2 Å². The maximum absolute atomic E-state index is 13.0. The normalized spacial score (nSPS) is 12.8. The molecule has 4 N–H and O–H groups in total. The molecule has 1 aromatic carbocycles. The predicted octanol–water partition coefficient (Wildman–Crippen LogP) is 3.55. The third-order valence-corrected chi connectivity index (χ3v) is 5.98. The van der Waals surface area contributed by atoms with Gasteiger partial charge in [0.2, 0.25) is 11.8 Å². The molecule has 3 atom stereocenters. The van der Waals surface area contributed by atoms with Crippen LogP contribution in [0, 0.1) is 5.92 Å². The Bertz CT molecular complexity index is 923. The van der Waals surface area contributed by atoms with E-state index in [1.807, 2.05) is 30.3 Å². The molecule has 1 rings (SSSR count). The quantitative estimate of drug-likeness (QED) is 0.102. The third-order valence-electron chi connectivity index (χ3n) is 5.98. The molecule has 0 fully saturated rings. The van der Waals surface area contributed by atoms with Gasteiger partial charge in [-0.05, 0) is 51.0 Å². The van der Waals surface area contributed by atoms with Crippen molar-refractivity contribution in [3.05, 3.63) is 61.2 Å². The SMILES string of the molecule is C=CCCCC(=O)OC[C@H](CCCCNC(=O)OCc1ccccc1)NC(=O)[C@H](CC=C)CC(=O)N[C@H](C)CO. The van der Waals surface area contributed by atoms with E-state index in [0.717, 1.165) is 5.56 Å². The van der Waals surface area contributed by atoms with E-state index in [0.29, 0.717) is 38.6 Å². The van der Waals surface area contributed by atoms with Crippen LogP contribution in [0.2, 0.25) is 0 Å². The molecule has 222 valence electrons. The number of aliphatic hydroxyl groups excluding tert-OH is 1. The summed E-state index contributed by atoms with van der Waals surface area (Å²) in [5.74, 6) is -1.71. The average Bonchev–Trinajstić information content (AvgIpc) is 2.94. The standard InChI is InChI=1S/C30H45N3O7/c1-4-6-8-17-28(36)39-22-26(33-29(37)25(13-5-2)19-27(35)32-23(3)20-34)16-11-12-18-31-30(38)40-21-24-14-9-7-10-15-24/h4-5,7,9-10,14-15,23,25-26,34H,1-2,6,8,11-13,16-22H2,3H3,(H,31,38)(H,32,35)(H,33,37)/t23-,25-,26+/m1/s1. The second-order valence-corrected chi connectivity index (χ2v) is 9.63. The Hall–Kier alpha value is -3.66. The molecule has 10 heteroatoms. The molecule has 0 saturated carbocycles.